The van der Waals surface area contributed by atoms with Crippen molar-refractivity contribution in [3.05, 3.63) is 35.9 Å². The number of rotatable bonds is 6. The highest BCUT2D eigenvalue weighted by atomic mass is 16.1. The lowest BCUT2D eigenvalue weighted by Crippen LogP contribution is -2.33. The highest BCUT2D eigenvalue weighted by Gasteiger charge is 2.01. The summed E-state index contributed by atoms with van der Waals surface area (Å²) >= 11 is 0. The second-order valence-corrected chi connectivity index (χ2v) is 3.16. The summed E-state index contributed by atoms with van der Waals surface area (Å²) in [6.45, 7) is 2.76. The first-order valence-corrected chi connectivity index (χ1v) is 5.08. The fourth-order valence-electron chi connectivity index (χ4n) is 1.18. The lowest BCUT2D eigenvalue weighted by Gasteiger charge is -2.05. The van der Waals surface area contributed by atoms with E-state index in [1.54, 1.807) is 12.1 Å². The van der Waals surface area contributed by atoms with Gasteiger partial charge in [0.2, 0.25) is 0 Å². The van der Waals surface area contributed by atoms with Gasteiger partial charge in [0.25, 0.3) is 5.91 Å². The highest BCUT2D eigenvalue weighted by Crippen LogP contribution is 1.96. The molecule has 1 rings (SSSR count). The molecule has 82 valence electrons. The molecule has 4 nitrogen and oxygen atoms in total. The fourth-order valence-corrected chi connectivity index (χ4v) is 1.18. The van der Waals surface area contributed by atoms with Gasteiger partial charge in [0.15, 0.2) is 0 Å². The van der Waals surface area contributed by atoms with E-state index in [9.17, 15) is 4.79 Å². The van der Waals surface area contributed by atoms with Gasteiger partial charge in [-0.15, -0.1) is 0 Å². The van der Waals surface area contributed by atoms with E-state index in [0.29, 0.717) is 18.7 Å². The van der Waals surface area contributed by atoms with Crippen LogP contribution in [-0.4, -0.2) is 32.1 Å². The molecule has 4 heteroatoms. The number of benzene rings is 1. The molecule has 1 amide bonds. The molecule has 0 saturated carbocycles. The monoisotopic (exact) mass is 207 g/mol. The van der Waals surface area contributed by atoms with Crippen molar-refractivity contribution in [1.82, 2.24) is 10.6 Å². The molecule has 0 aromatic heterocycles. The van der Waals surface area contributed by atoms with Gasteiger partial charge in [-0.05, 0) is 12.1 Å². The molecule has 0 saturated heterocycles. The average molecular weight is 207 g/mol. The van der Waals surface area contributed by atoms with Crippen LogP contribution < -0.4 is 16.4 Å². The van der Waals surface area contributed by atoms with Gasteiger partial charge in [0.1, 0.15) is 0 Å². The zero-order valence-corrected chi connectivity index (χ0v) is 8.70. The molecule has 4 N–H and O–H groups in total. The molecule has 0 unspecified atom stereocenters. The summed E-state index contributed by atoms with van der Waals surface area (Å²) in [6, 6.07) is 9.17. The lowest BCUT2D eigenvalue weighted by molar-refractivity contribution is 0.0954. The molecule has 0 bridgehead atoms. The summed E-state index contributed by atoms with van der Waals surface area (Å²) in [5.41, 5.74) is 6.00. The first-order valence-electron chi connectivity index (χ1n) is 5.08. The van der Waals surface area contributed by atoms with Crippen LogP contribution in [0.5, 0.6) is 0 Å². The van der Waals surface area contributed by atoms with Crippen LogP contribution in [0.3, 0.4) is 0 Å². The third kappa shape index (κ3) is 4.58. The second kappa shape index (κ2) is 6.98. The van der Waals surface area contributed by atoms with Gasteiger partial charge in [0, 0.05) is 31.7 Å². The number of nitrogens with two attached hydrogens (primary N) is 1. The van der Waals surface area contributed by atoms with Crippen LogP contribution in [-0.2, 0) is 0 Å². The van der Waals surface area contributed by atoms with Crippen molar-refractivity contribution < 1.29 is 4.79 Å². The standard InChI is InChI=1S/C11H17N3O/c12-6-7-13-8-9-14-11(15)10-4-2-1-3-5-10/h1-5,13H,6-9,12H2,(H,14,15). The van der Waals surface area contributed by atoms with Crippen molar-refractivity contribution in [2.75, 3.05) is 26.2 Å². The van der Waals surface area contributed by atoms with Gasteiger partial charge in [-0.3, -0.25) is 4.79 Å². The molecule has 1 aromatic carbocycles. The van der Waals surface area contributed by atoms with Gasteiger partial charge in [-0.1, -0.05) is 18.2 Å². The summed E-state index contributed by atoms with van der Waals surface area (Å²) in [5.74, 6) is -0.0369. The third-order valence-electron chi connectivity index (χ3n) is 1.94. The summed E-state index contributed by atoms with van der Waals surface area (Å²) in [5, 5.41) is 5.92. The average Bonchev–Trinajstić information content (AvgIpc) is 2.30. The molecule has 15 heavy (non-hydrogen) atoms. The molecule has 0 atom stereocenters. The molecule has 0 aliphatic rings. The van der Waals surface area contributed by atoms with Crippen LogP contribution in [0.2, 0.25) is 0 Å². The largest absolute Gasteiger partial charge is 0.351 e. The van der Waals surface area contributed by atoms with Crippen LogP contribution in [0, 0.1) is 0 Å². The van der Waals surface area contributed by atoms with Crippen molar-refractivity contribution in [3.63, 3.8) is 0 Å². The Morgan fingerprint density at radius 2 is 1.87 bits per heavy atom. The molecule has 0 spiro atoms. The number of nitrogens with one attached hydrogen (secondary N) is 2. The van der Waals surface area contributed by atoms with E-state index in [2.05, 4.69) is 10.6 Å². The van der Waals surface area contributed by atoms with Crippen molar-refractivity contribution in [1.29, 1.82) is 0 Å². The van der Waals surface area contributed by atoms with E-state index in [1.807, 2.05) is 18.2 Å². The number of hydrogen-bond acceptors (Lipinski definition) is 3. The van der Waals surface area contributed by atoms with Crippen LogP contribution in [0.15, 0.2) is 30.3 Å². The predicted molar refractivity (Wildman–Crippen MR) is 60.7 cm³/mol. The minimum atomic E-state index is -0.0369. The number of hydrogen-bond donors (Lipinski definition) is 3. The quantitative estimate of drug-likeness (QED) is 0.574. The van der Waals surface area contributed by atoms with Crippen molar-refractivity contribution in [2.45, 2.75) is 0 Å². The Morgan fingerprint density at radius 1 is 1.13 bits per heavy atom. The molecule has 0 aliphatic heterocycles. The molecule has 1 aromatic rings. The summed E-state index contributed by atoms with van der Waals surface area (Å²) in [4.78, 5) is 11.5. The van der Waals surface area contributed by atoms with Crippen molar-refractivity contribution in [2.24, 2.45) is 5.73 Å². The zero-order valence-electron chi connectivity index (χ0n) is 8.70. The van der Waals surface area contributed by atoms with Crippen LogP contribution in [0.25, 0.3) is 0 Å². The second-order valence-electron chi connectivity index (χ2n) is 3.16. The number of carbonyl (C=O) groups is 1. The van der Waals surface area contributed by atoms with E-state index < -0.39 is 0 Å². The predicted octanol–water partition coefficient (Wildman–Crippen LogP) is -0.0353. The smallest absolute Gasteiger partial charge is 0.251 e. The molecule has 0 fully saturated rings. The van der Waals surface area contributed by atoms with E-state index in [1.165, 1.54) is 0 Å². The zero-order chi connectivity index (χ0) is 10.9. The Morgan fingerprint density at radius 3 is 2.53 bits per heavy atom. The fraction of sp³-hybridized carbons (Fsp3) is 0.364. The third-order valence-corrected chi connectivity index (χ3v) is 1.94. The van der Waals surface area contributed by atoms with Gasteiger partial charge < -0.3 is 16.4 Å². The van der Waals surface area contributed by atoms with Gasteiger partial charge in [-0.25, -0.2) is 0 Å². The van der Waals surface area contributed by atoms with Gasteiger partial charge in [0.05, 0.1) is 0 Å². The maximum Gasteiger partial charge on any atom is 0.251 e. The van der Waals surface area contributed by atoms with E-state index >= 15 is 0 Å². The maximum absolute atomic E-state index is 11.5. The summed E-state index contributed by atoms with van der Waals surface area (Å²) < 4.78 is 0. The lowest BCUT2D eigenvalue weighted by atomic mass is 10.2. The SMILES string of the molecule is NCCNCCNC(=O)c1ccccc1. The normalized spacial score (nSPS) is 9.93. The molecular weight excluding hydrogens is 190 g/mol. The molecule has 0 heterocycles. The summed E-state index contributed by atoms with van der Waals surface area (Å²) in [6.07, 6.45) is 0. The van der Waals surface area contributed by atoms with Crippen molar-refractivity contribution >= 4 is 5.91 Å². The van der Waals surface area contributed by atoms with Crippen LogP contribution in [0.4, 0.5) is 0 Å². The first kappa shape index (κ1) is 11.7. The Bertz CT molecular complexity index is 287. The van der Waals surface area contributed by atoms with Crippen molar-refractivity contribution in [3.8, 4) is 0 Å². The maximum atomic E-state index is 11.5. The number of carbonyl (C=O) groups excluding carboxylic acids is 1. The van der Waals surface area contributed by atoms with Gasteiger partial charge in [-0.2, -0.15) is 0 Å². The van der Waals surface area contributed by atoms with Crippen LogP contribution >= 0.6 is 0 Å². The number of amides is 1. The van der Waals surface area contributed by atoms with Crippen LogP contribution in [0.1, 0.15) is 10.4 Å². The first-order chi connectivity index (χ1) is 7.34. The molecule has 0 aliphatic carbocycles. The molecular formula is C11H17N3O. The summed E-state index contributed by atoms with van der Waals surface area (Å²) in [7, 11) is 0. The highest BCUT2D eigenvalue weighted by molar-refractivity contribution is 5.94. The van der Waals surface area contributed by atoms with E-state index in [0.717, 1.165) is 13.1 Å². The minimum absolute atomic E-state index is 0.0369. The van der Waals surface area contributed by atoms with E-state index in [4.69, 9.17) is 5.73 Å². The Hall–Kier alpha value is -1.39. The topological polar surface area (TPSA) is 67.2 Å². The van der Waals surface area contributed by atoms with E-state index in [-0.39, 0.29) is 5.91 Å². The molecule has 0 radical (unpaired) electrons. The Kier molecular flexibility index (Phi) is 5.43. The Labute approximate surface area is 89.9 Å². The van der Waals surface area contributed by atoms with Gasteiger partial charge >= 0.3 is 0 Å². The Balaban J connectivity index is 2.20. The minimum Gasteiger partial charge on any atom is -0.351 e.